The lowest BCUT2D eigenvalue weighted by Gasteiger charge is -2.30. The van der Waals surface area contributed by atoms with E-state index in [4.69, 9.17) is 0 Å². The van der Waals surface area contributed by atoms with Crippen molar-refractivity contribution in [2.75, 3.05) is 24.5 Å². The second kappa shape index (κ2) is 8.10. The molecule has 1 N–H and O–H groups in total. The monoisotopic (exact) mass is 397 g/mol. The van der Waals surface area contributed by atoms with Crippen molar-refractivity contribution in [3.63, 3.8) is 0 Å². The molecule has 0 spiro atoms. The number of benzene rings is 1. The fourth-order valence-corrected chi connectivity index (χ4v) is 4.38. The highest BCUT2D eigenvalue weighted by Gasteiger charge is 2.22. The molecule has 28 heavy (non-hydrogen) atoms. The van der Waals surface area contributed by atoms with Crippen LogP contribution in [0.2, 0.25) is 0 Å². The van der Waals surface area contributed by atoms with Gasteiger partial charge in [-0.15, -0.1) is 5.10 Å². The summed E-state index contributed by atoms with van der Waals surface area (Å²) >= 11 is 1.39. The first kappa shape index (κ1) is 18.6. The number of nitrogens with zero attached hydrogens (tertiary/aromatic N) is 4. The Labute approximate surface area is 167 Å². The van der Waals surface area contributed by atoms with Gasteiger partial charge in [-0.2, -0.15) is 4.52 Å². The zero-order chi connectivity index (χ0) is 19.5. The molecule has 0 unspecified atom stereocenters. The summed E-state index contributed by atoms with van der Waals surface area (Å²) in [6.45, 7) is 4.55. The smallest absolute Gasteiger partial charge is 0.288 e. The lowest BCUT2D eigenvalue weighted by Crippen LogP contribution is -2.35. The summed E-state index contributed by atoms with van der Waals surface area (Å²) in [7, 11) is 0. The molecule has 3 aromatic rings. The van der Waals surface area contributed by atoms with Gasteiger partial charge in [-0.1, -0.05) is 48.6 Å². The Morgan fingerprint density at radius 2 is 2.14 bits per heavy atom. The van der Waals surface area contributed by atoms with Gasteiger partial charge in [-0.3, -0.25) is 9.59 Å². The first-order valence-electron chi connectivity index (χ1n) is 9.58. The number of amides is 1. The summed E-state index contributed by atoms with van der Waals surface area (Å²) in [6, 6.07) is 9.89. The average Bonchev–Trinajstić information content (AvgIpc) is 3.14. The van der Waals surface area contributed by atoms with Crippen LogP contribution in [0.4, 0.5) is 5.13 Å². The van der Waals surface area contributed by atoms with E-state index in [-0.39, 0.29) is 5.56 Å². The number of fused-ring (bicyclic) bond motifs is 1. The molecule has 1 atom stereocenters. The van der Waals surface area contributed by atoms with Crippen LogP contribution in [0.15, 0.2) is 41.3 Å². The fourth-order valence-electron chi connectivity index (χ4n) is 3.48. The van der Waals surface area contributed by atoms with Gasteiger partial charge in [0, 0.05) is 25.8 Å². The Balaban J connectivity index is 1.49. The number of anilines is 1. The molecule has 1 aliphatic heterocycles. The lowest BCUT2D eigenvalue weighted by atomic mass is 10.0. The van der Waals surface area contributed by atoms with E-state index in [0.29, 0.717) is 23.8 Å². The van der Waals surface area contributed by atoms with Crippen molar-refractivity contribution in [1.82, 2.24) is 19.9 Å². The molecule has 0 radical (unpaired) electrons. The Morgan fingerprint density at radius 3 is 2.93 bits per heavy atom. The van der Waals surface area contributed by atoms with E-state index < -0.39 is 11.5 Å². The predicted molar refractivity (Wildman–Crippen MR) is 110 cm³/mol. The number of hydrogen-bond donors (Lipinski definition) is 1. The number of rotatable bonds is 5. The van der Waals surface area contributed by atoms with Crippen LogP contribution in [0.3, 0.4) is 0 Å². The standard InChI is InChI=1S/C20H23N5O2S/c1-14-6-5-11-24(13-14)20-23-25-18(27)16(12-22-19(25)28-20)17(26)21-10-9-15-7-3-2-4-8-15/h2-4,7-8,12,14H,5-6,9-11,13H2,1H3,(H,21,26)/t14-/m1/s1. The molecular weight excluding hydrogens is 374 g/mol. The van der Waals surface area contributed by atoms with Crippen LogP contribution in [0.5, 0.6) is 0 Å². The summed E-state index contributed by atoms with van der Waals surface area (Å²) in [5, 5.41) is 8.04. The Kier molecular flexibility index (Phi) is 5.38. The number of carbonyl (C=O) groups is 1. The van der Waals surface area contributed by atoms with Crippen LogP contribution in [-0.4, -0.2) is 40.1 Å². The van der Waals surface area contributed by atoms with Crippen molar-refractivity contribution < 1.29 is 4.79 Å². The third-order valence-corrected chi connectivity index (χ3v) is 5.97. The van der Waals surface area contributed by atoms with E-state index in [9.17, 15) is 9.59 Å². The van der Waals surface area contributed by atoms with Gasteiger partial charge in [-0.25, -0.2) is 4.98 Å². The molecule has 0 bridgehead atoms. The normalized spacial score (nSPS) is 17.0. The molecular formula is C20H23N5O2S. The van der Waals surface area contributed by atoms with Crippen LogP contribution in [0, 0.1) is 5.92 Å². The number of aromatic nitrogens is 3. The van der Waals surface area contributed by atoms with Crippen molar-refractivity contribution in [1.29, 1.82) is 0 Å². The first-order valence-corrected chi connectivity index (χ1v) is 10.4. The third kappa shape index (κ3) is 3.91. The molecule has 1 amide bonds. The minimum Gasteiger partial charge on any atom is -0.351 e. The molecule has 7 nitrogen and oxygen atoms in total. The summed E-state index contributed by atoms with van der Waals surface area (Å²) < 4.78 is 1.26. The van der Waals surface area contributed by atoms with Crippen LogP contribution in [-0.2, 0) is 6.42 Å². The highest BCUT2D eigenvalue weighted by Crippen LogP contribution is 2.26. The maximum absolute atomic E-state index is 12.8. The fraction of sp³-hybridized carbons (Fsp3) is 0.400. The van der Waals surface area contributed by atoms with Gasteiger partial charge in [-0.05, 0) is 30.7 Å². The quantitative estimate of drug-likeness (QED) is 0.715. The van der Waals surface area contributed by atoms with E-state index in [1.165, 1.54) is 28.5 Å². The van der Waals surface area contributed by atoms with E-state index in [1.807, 2.05) is 30.3 Å². The molecule has 2 aromatic heterocycles. The molecule has 0 saturated carbocycles. The molecule has 1 aliphatic rings. The Morgan fingerprint density at radius 1 is 1.32 bits per heavy atom. The van der Waals surface area contributed by atoms with Crippen LogP contribution < -0.4 is 15.8 Å². The van der Waals surface area contributed by atoms with Gasteiger partial charge in [0.05, 0.1) is 0 Å². The molecule has 8 heteroatoms. The number of piperidine rings is 1. The largest absolute Gasteiger partial charge is 0.351 e. The van der Waals surface area contributed by atoms with E-state index in [1.54, 1.807) is 0 Å². The summed E-state index contributed by atoms with van der Waals surface area (Å²) in [4.78, 5) is 32.2. The molecule has 0 aliphatic carbocycles. The molecule has 146 valence electrons. The van der Waals surface area contributed by atoms with Gasteiger partial charge in [0.1, 0.15) is 5.56 Å². The number of nitrogens with one attached hydrogen (secondary N) is 1. The topological polar surface area (TPSA) is 79.6 Å². The molecule has 4 rings (SSSR count). The van der Waals surface area contributed by atoms with Gasteiger partial charge in [0.2, 0.25) is 10.1 Å². The zero-order valence-electron chi connectivity index (χ0n) is 15.8. The number of hydrogen-bond acceptors (Lipinski definition) is 6. The summed E-state index contributed by atoms with van der Waals surface area (Å²) in [6.07, 6.45) is 4.40. The minimum absolute atomic E-state index is 0.0226. The maximum Gasteiger partial charge on any atom is 0.288 e. The van der Waals surface area contributed by atoms with Crippen molar-refractivity contribution in [2.24, 2.45) is 5.92 Å². The van der Waals surface area contributed by atoms with Crippen molar-refractivity contribution in [3.8, 4) is 0 Å². The average molecular weight is 398 g/mol. The van der Waals surface area contributed by atoms with Crippen molar-refractivity contribution in [2.45, 2.75) is 26.2 Å². The Hall–Kier alpha value is -2.74. The van der Waals surface area contributed by atoms with E-state index in [0.717, 1.165) is 30.2 Å². The highest BCUT2D eigenvalue weighted by molar-refractivity contribution is 7.20. The first-order chi connectivity index (χ1) is 13.6. The predicted octanol–water partition coefficient (Wildman–Crippen LogP) is 2.36. The highest BCUT2D eigenvalue weighted by atomic mass is 32.1. The molecule has 3 heterocycles. The third-order valence-electron chi connectivity index (χ3n) is 4.99. The lowest BCUT2D eigenvalue weighted by molar-refractivity contribution is 0.0952. The van der Waals surface area contributed by atoms with Gasteiger partial charge in [0.25, 0.3) is 11.5 Å². The molecule has 1 saturated heterocycles. The SMILES string of the molecule is C[C@@H]1CCCN(c2nn3c(=O)c(C(=O)NCCc4ccccc4)cnc3s2)C1. The van der Waals surface area contributed by atoms with Crippen molar-refractivity contribution >= 4 is 27.3 Å². The zero-order valence-corrected chi connectivity index (χ0v) is 16.6. The van der Waals surface area contributed by atoms with Gasteiger partial charge < -0.3 is 10.2 Å². The van der Waals surface area contributed by atoms with Crippen LogP contribution >= 0.6 is 11.3 Å². The molecule has 1 aromatic carbocycles. The Bertz CT molecular complexity index is 1030. The maximum atomic E-state index is 12.8. The van der Waals surface area contributed by atoms with Gasteiger partial charge in [0.15, 0.2) is 0 Å². The summed E-state index contributed by atoms with van der Waals surface area (Å²) in [5.74, 6) is 0.195. The minimum atomic E-state index is -0.422. The second-order valence-corrected chi connectivity index (χ2v) is 8.18. The second-order valence-electron chi connectivity index (χ2n) is 7.24. The van der Waals surface area contributed by atoms with Crippen LogP contribution in [0.1, 0.15) is 35.7 Å². The summed E-state index contributed by atoms with van der Waals surface area (Å²) in [5.41, 5.74) is 0.734. The van der Waals surface area contributed by atoms with E-state index in [2.05, 4.69) is 27.2 Å². The van der Waals surface area contributed by atoms with Crippen molar-refractivity contribution in [3.05, 3.63) is 58.0 Å². The van der Waals surface area contributed by atoms with Gasteiger partial charge >= 0.3 is 0 Å². The number of carbonyl (C=O) groups excluding carboxylic acids is 1. The molecule has 1 fully saturated rings. The van der Waals surface area contributed by atoms with Crippen LogP contribution in [0.25, 0.3) is 4.96 Å². The van der Waals surface area contributed by atoms with E-state index >= 15 is 0 Å².